The lowest BCUT2D eigenvalue weighted by atomic mass is 9.99. The van der Waals surface area contributed by atoms with Crippen LogP contribution in [0.25, 0.3) is 0 Å². The number of anilines is 2. The van der Waals surface area contributed by atoms with Crippen LogP contribution in [0.1, 0.15) is 17.5 Å². The summed E-state index contributed by atoms with van der Waals surface area (Å²) in [7, 11) is 0. The normalized spacial score (nSPS) is 13.5. The van der Waals surface area contributed by atoms with Crippen LogP contribution >= 0.6 is 15.9 Å². The van der Waals surface area contributed by atoms with E-state index in [0.717, 1.165) is 36.7 Å². The standard InChI is InChI=1S/C16H15BrF2N2/c17-12-7-15(14(19)8-13(12)18)21-9-11-4-1-3-10-5-2-6-20-16(10)11/h1,3-4,7-8,20-21H,2,5-6,9H2. The van der Waals surface area contributed by atoms with E-state index in [-0.39, 0.29) is 10.2 Å². The second-order valence-corrected chi connectivity index (χ2v) is 5.94. The first kappa shape index (κ1) is 14.3. The summed E-state index contributed by atoms with van der Waals surface area (Å²) in [6.45, 7) is 1.45. The van der Waals surface area contributed by atoms with Crippen molar-refractivity contribution in [3.63, 3.8) is 0 Å². The molecule has 110 valence electrons. The van der Waals surface area contributed by atoms with E-state index in [2.05, 4.69) is 32.6 Å². The van der Waals surface area contributed by atoms with E-state index in [0.29, 0.717) is 6.54 Å². The average Bonchev–Trinajstić information content (AvgIpc) is 2.49. The second-order valence-electron chi connectivity index (χ2n) is 5.08. The molecule has 0 spiro atoms. The molecule has 1 aliphatic rings. The molecule has 5 heteroatoms. The average molecular weight is 353 g/mol. The molecule has 0 aromatic heterocycles. The zero-order valence-electron chi connectivity index (χ0n) is 11.3. The van der Waals surface area contributed by atoms with Crippen molar-refractivity contribution in [2.24, 2.45) is 0 Å². The van der Waals surface area contributed by atoms with Crippen molar-refractivity contribution in [1.82, 2.24) is 0 Å². The molecule has 0 aliphatic carbocycles. The third-order valence-electron chi connectivity index (χ3n) is 3.64. The van der Waals surface area contributed by atoms with Crippen molar-refractivity contribution in [3.05, 3.63) is 57.6 Å². The molecule has 2 nitrogen and oxygen atoms in total. The first-order valence-corrected chi connectivity index (χ1v) is 7.67. The lowest BCUT2D eigenvalue weighted by Gasteiger charge is -2.21. The van der Waals surface area contributed by atoms with Gasteiger partial charge in [0.05, 0.1) is 10.2 Å². The highest BCUT2D eigenvalue weighted by Gasteiger charge is 2.13. The highest BCUT2D eigenvalue weighted by atomic mass is 79.9. The van der Waals surface area contributed by atoms with Crippen LogP contribution in [0.3, 0.4) is 0 Å². The first-order chi connectivity index (χ1) is 10.1. The predicted octanol–water partition coefficient (Wildman–Crippen LogP) is 4.70. The first-order valence-electron chi connectivity index (χ1n) is 6.88. The van der Waals surface area contributed by atoms with Gasteiger partial charge in [-0.05, 0) is 46.0 Å². The predicted molar refractivity (Wildman–Crippen MR) is 84.6 cm³/mol. The number of para-hydroxylation sites is 1. The van der Waals surface area contributed by atoms with E-state index in [1.807, 2.05) is 12.1 Å². The number of benzene rings is 2. The molecule has 0 atom stereocenters. The third kappa shape index (κ3) is 3.02. The van der Waals surface area contributed by atoms with Gasteiger partial charge >= 0.3 is 0 Å². The van der Waals surface area contributed by atoms with Crippen molar-refractivity contribution < 1.29 is 8.78 Å². The Morgan fingerprint density at radius 3 is 2.90 bits per heavy atom. The summed E-state index contributed by atoms with van der Waals surface area (Å²) in [5.41, 5.74) is 3.81. The Balaban J connectivity index is 1.81. The van der Waals surface area contributed by atoms with Crippen LogP contribution in [0.4, 0.5) is 20.2 Å². The smallest absolute Gasteiger partial charge is 0.149 e. The molecule has 2 N–H and O–H groups in total. The van der Waals surface area contributed by atoms with Crippen LogP contribution in [0, 0.1) is 11.6 Å². The molecule has 0 unspecified atom stereocenters. The number of hydrogen-bond donors (Lipinski definition) is 2. The monoisotopic (exact) mass is 352 g/mol. The highest BCUT2D eigenvalue weighted by Crippen LogP contribution is 2.28. The molecule has 0 radical (unpaired) electrons. The lowest BCUT2D eigenvalue weighted by molar-refractivity contribution is 0.580. The molecular formula is C16H15BrF2N2. The van der Waals surface area contributed by atoms with Crippen molar-refractivity contribution in [1.29, 1.82) is 0 Å². The minimum absolute atomic E-state index is 0.250. The largest absolute Gasteiger partial charge is 0.385 e. The quantitative estimate of drug-likeness (QED) is 0.782. The van der Waals surface area contributed by atoms with Gasteiger partial charge in [-0.15, -0.1) is 0 Å². The number of hydrogen-bond acceptors (Lipinski definition) is 2. The van der Waals surface area contributed by atoms with E-state index in [1.54, 1.807) is 0 Å². The number of rotatable bonds is 3. The van der Waals surface area contributed by atoms with Crippen LogP contribution in [0.2, 0.25) is 0 Å². The Kier molecular flexibility index (Phi) is 4.10. The van der Waals surface area contributed by atoms with Crippen molar-refractivity contribution in [2.45, 2.75) is 19.4 Å². The fraction of sp³-hybridized carbons (Fsp3) is 0.250. The molecule has 0 fully saturated rings. The van der Waals surface area contributed by atoms with E-state index < -0.39 is 11.6 Å². The van der Waals surface area contributed by atoms with Gasteiger partial charge in [-0.2, -0.15) is 0 Å². The molecule has 1 heterocycles. The molecule has 3 rings (SSSR count). The highest BCUT2D eigenvalue weighted by molar-refractivity contribution is 9.10. The van der Waals surface area contributed by atoms with E-state index in [1.165, 1.54) is 11.6 Å². The zero-order valence-corrected chi connectivity index (χ0v) is 12.9. The number of nitrogens with one attached hydrogen (secondary N) is 2. The minimum atomic E-state index is -0.600. The SMILES string of the molecule is Fc1cc(F)c(NCc2cccc3c2NCCC3)cc1Br. The fourth-order valence-corrected chi connectivity index (χ4v) is 2.92. The van der Waals surface area contributed by atoms with Gasteiger partial charge in [0, 0.05) is 24.8 Å². The Morgan fingerprint density at radius 2 is 2.05 bits per heavy atom. The number of halogens is 3. The third-order valence-corrected chi connectivity index (χ3v) is 4.25. The lowest BCUT2D eigenvalue weighted by Crippen LogP contribution is -2.15. The maximum atomic E-state index is 13.7. The molecule has 21 heavy (non-hydrogen) atoms. The van der Waals surface area contributed by atoms with Crippen LogP contribution in [0.15, 0.2) is 34.8 Å². The van der Waals surface area contributed by atoms with Gasteiger partial charge in [0.25, 0.3) is 0 Å². The van der Waals surface area contributed by atoms with Gasteiger partial charge in [-0.3, -0.25) is 0 Å². The summed E-state index contributed by atoms with van der Waals surface area (Å²) in [6.07, 6.45) is 2.19. The van der Waals surface area contributed by atoms with Crippen LogP contribution in [0.5, 0.6) is 0 Å². The van der Waals surface area contributed by atoms with Gasteiger partial charge in [0.1, 0.15) is 11.6 Å². The Hall–Kier alpha value is -1.62. The minimum Gasteiger partial charge on any atom is -0.385 e. The molecule has 0 amide bonds. The summed E-state index contributed by atoms with van der Waals surface area (Å²) in [6, 6.07) is 8.44. The summed E-state index contributed by atoms with van der Waals surface area (Å²) >= 11 is 3.07. The molecular weight excluding hydrogens is 338 g/mol. The van der Waals surface area contributed by atoms with Gasteiger partial charge < -0.3 is 10.6 Å². The van der Waals surface area contributed by atoms with Gasteiger partial charge in [-0.25, -0.2) is 8.78 Å². The Labute approximate surface area is 130 Å². The summed E-state index contributed by atoms with van der Waals surface area (Å²) in [4.78, 5) is 0. The van der Waals surface area contributed by atoms with E-state index >= 15 is 0 Å². The van der Waals surface area contributed by atoms with Gasteiger partial charge in [0.15, 0.2) is 0 Å². The Bertz CT molecular complexity index is 674. The molecule has 0 saturated carbocycles. The Morgan fingerprint density at radius 1 is 1.19 bits per heavy atom. The topological polar surface area (TPSA) is 24.1 Å². The number of aryl methyl sites for hydroxylation is 1. The van der Waals surface area contributed by atoms with Crippen LogP contribution in [-0.4, -0.2) is 6.54 Å². The maximum absolute atomic E-state index is 13.7. The van der Waals surface area contributed by atoms with E-state index in [9.17, 15) is 8.78 Å². The molecule has 0 saturated heterocycles. The van der Waals surface area contributed by atoms with Crippen LogP contribution < -0.4 is 10.6 Å². The van der Waals surface area contributed by atoms with Crippen molar-refractivity contribution in [2.75, 3.05) is 17.2 Å². The van der Waals surface area contributed by atoms with Gasteiger partial charge in [0.2, 0.25) is 0 Å². The van der Waals surface area contributed by atoms with Gasteiger partial charge in [-0.1, -0.05) is 18.2 Å². The number of fused-ring (bicyclic) bond motifs is 1. The van der Waals surface area contributed by atoms with Crippen LogP contribution in [-0.2, 0) is 13.0 Å². The fourth-order valence-electron chi connectivity index (χ4n) is 2.58. The molecule has 1 aliphatic heterocycles. The molecule has 2 aromatic rings. The maximum Gasteiger partial charge on any atom is 0.149 e. The molecule has 2 aromatic carbocycles. The van der Waals surface area contributed by atoms with Crippen molar-refractivity contribution in [3.8, 4) is 0 Å². The zero-order chi connectivity index (χ0) is 14.8. The summed E-state index contributed by atoms with van der Waals surface area (Å²) < 4.78 is 27.2. The van der Waals surface area contributed by atoms with Crippen molar-refractivity contribution >= 4 is 27.3 Å². The van der Waals surface area contributed by atoms with E-state index in [4.69, 9.17) is 0 Å². The second kappa shape index (κ2) is 6.02. The summed E-state index contributed by atoms with van der Waals surface area (Å²) in [5, 5.41) is 6.44. The molecule has 0 bridgehead atoms. The summed E-state index contributed by atoms with van der Waals surface area (Å²) in [5.74, 6) is -1.19.